The molecule has 0 aliphatic rings. The third-order valence-electron chi connectivity index (χ3n) is 5.70. The fourth-order valence-electron chi connectivity index (χ4n) is 3.90. The highest BCUT2D eigenvalue weighted by Gasteiger charge is 2.26. The number of anilines is 1. The number of nitrogens with zero attached hydrogens (tertiary/aromatic N) is 5. The first-order valence-corrected chi connectivity index (χ1v) is 11.0. The average Bonchev–Trinajstić information content (AvgIpc) is 3.23. The van der Waals surface area contributed by atoms with E-state index in [1.165, 1.54) is 0 Å². The van der Waals surface area contributed by atoms with Gasteiger partial charge in [-0.15, -0.1) is 5.10 Å². The van der Waals surface area contributed by atoms with E-state index < -0.39 is 0 Å². The van der Waals surface area contributed by atoms with Crippen LogP contribution in [-0.4, -0.2) is 37.6 Å². The van der Waals surface area contributed by atoms with Crippen molar-refractivity contribution in [3.8, 4) is 5.88 Å². The number of rotatable bonds is 5. The van der Waals surface area contributed by atoms with Crippen molar-refractivity contribution in [1.82, 2.24) is 24.5 Å². The zero-order chi connectivity index (χ0) is 24.0. The van der Waals surface area contributed by atoms with Gasteiger partial charge in [-0.25, -0.2) is 14.3 Å². The van der Waals surface area contributed by atoms with Crippen LogP contribution < -0.4 is 10.1 Å². The molecule has 0 aliphatic heterocycles. The van der Waals surface area contributed by atoms with E-state index in [0.29, 0.717) is 18.7 Å². The number of nitrogens with one attached hydrogen (secondary N) is 1. The summed E-state index contributed by atoms with van der Waals surface area (Å²) >= 11 is 0. The second-order valence-electron chi connectivity index (χ2n) is 10.4. The van der Waals surface area contributed by atoms with E-state index in [0.717, 1.165) is 39.4 Å². The van der Waals surface area contributed by atoms with Crippen LogP contribution in [0.4, 0.5) is 5.82 Å². The van der Waals surface area contributed by atoms with Crippen LogP contribution in [0, 0.1) is 13.8 Å². The number of aryl methyl sites for hydroxylation is 3. The number of pyridine rings is 1. The third kappa shape index (κ3) is 4.49. The second-order valence-corrected chi connectivity index (χ2v) is 10.4. The quantitative estimate of drug-likeness (QED) is 0.635. The molecule has 32 heavy (non-hydrogen) atoms. The van der Waals surface area contributed by atoms with Gasteiger partial charge in [0.1, 0.15) is 5.82 Å². The van der Waals surface area contributed by atoms with Crippen molar-refractivity contribution in [1.29, 1.82) is 0 Å². The predicted molar refractivity (Wildman–Crippen MR) is 127 cm³/mol. The molecule has 3 heterocycles. The lowest BCUT2D eigenvalue weighted by atomic mass is 9.92. The number of methoxy groups -OCH3 is 1. The molecule has 0 spiro atoms. The minimum atomic E-state index is -0.245. The number of aromatic nitrogens is 5. The van der Waals surface area contributed by atoms with Gasteiger partial charge in [-0.1, -0.05) is 20.8 Å². The predicted octanol–water partition coefficient (Wildman–Crippen LogP) is 4.41. The van der Waals surface area contributed by atoms with Gasteiger partial charge in [0.15, 0.2) is 5.65 Å². The molecule has 3 aromatic heterocycles. The van der Waals surface area contributed by atoms with E-state index in [-0.39, 0.29) is 16.9 Å². The minimum Gasteiger partial charge on any atom is -0.479 e. The summed E-state index contributed by atoms with van der Waals surface area (Å²) in [6, 6.07) is 1.98. The summed E-state index contributed by atoms with van der Waals surface area (Å²) in [5, 5.41) is 13.2. The van der Waals surface area contributed by atoms with Crippen molar-refractivity contribution in [3.63, 3.8) is 0 Å². The Morgan fingerprint density at radius 2 is 1.78 bits per heavy atom. The number of carbonyl (C=O) groups excluding carboxylic acids is 1. The van der Waals surface area contributed by atoms with Crippen molar-refractivity contribution < 1.29 is 9.53 Å². The number of ether oxygens (including phenoxy) is 1. The zero-order valence-corrected chi connectivity index (χ0v) is 21.0. The average molecular weight is 441 g/mol. The first-order valence-electron chi connectivity index (χ1n) is 11.0. The number of hydrogen-bond donors (Lipinski definition) is 1. The maximum absolute atomic E-state index is 12.9. The second kappa shape index (κ2) is 8.22. The molecular weight excluding hydrogens is 404 g/mol. The molecular formula is C24H36N6O2. The fraction of sp³-hybridized carbons (Fsp3) is 0.583. The van der Waals surface area contributed by atoms with Gasteiger partial charge in [0.05, 0.1) is 23.7 Å². The molecule has 0 fully saturated rings. The van der Waals surface area contributed by atoms with Gasteiger partial charge in [-0.05, 0) is 52.2 Å². The lowest BCUT2D eigenvalue weighted by Gasteiger charge is -2.23. The van der Waals surface area contributed by atoms with Gasteiger partial charge < -0.3 is 10.1 Å². The standard InChI is InChI=1S/C24H36N6O2/c1-14-16(15(2)25-21-20(14)22(32-10)28-29(21)9)11-12-19(31)26-18-13-17(23(3,4)5)27-30(18)24(6,7)8/h13H,11-12H2,1-10H3,(H,26,31). The molecule has 0 atom stereocenters. The number of hydrogen-bond acceptors (Lipinski definition) is 5. The molecule has 1 amide bonds. The minimum absolute atomic E-state index is 0.0482. The van der Waals surface area contributed by atoms with E-state index in [1.807, 2.05) is 31.6 Å². The van der Waals surface area contributed by atoms with E-state index in [2.05, 4.69) is 52.0 Å². The molecule has 0 radical (unpaired) electrons. The number of carbonyl (C=O) groups is 1. The molecule has 3 rings (SSSR count). The van der Waals surface area contributed by atoms with Crippen LogP contribution >= 0.6 is 0 Å². The smallest absolute Gasteiger partial charge is 0.242 e. The Labute approximate surface area is 190 Å². The summed E-state index contributed by atoms with van der Waals surface area (Å²) in [4.78, 5) is 17.6. The Bertz CT molecular complexity index is 1160. The van der Waals surface area contributed by atoms with E-state index in [4.69, 9.17) is 14.8 Å². The van der Waals surface area contributed by atoms with Gasteiger partial charge in [0, 0.05) is 30.6 Å². The summed E-state index contributed by atoms with van der Waals surface area (Å²) in [7, 11) is 3.46. The largest absolute Gasteiger partial charge is 0.479 e. The van der Waals surface area contributed by atoms with Crippen LogP contribution in [0.2, 0.25) is 0 Å². The van der Waals surface area contributed by atoms with Crippen LogP contribution in [0.3, 0.4) is 0 Å². The van der Waals surface area contributed by atoms with Crippen molar-refractivity contribution in [2.75, 3.05) is 12.4 Å². The maximum atomic E-state index is 12.9. The van der Waals surface area contributed by atoms with Crippen LogP contribution in [0.5, 0.6) is 5.88 Å². The fourth-order valence-corrected chi connectivity index (χ4v) is 3.90. The Morgan fingerprint density at radius 3 is 2.34 bits per heavy atom. The summed E-state index contributed by atoms with van der Waals surface area (Å²) in [5.41, 5.74) is 4.41. The molecule has 0 saturated heterocycles. The monoisotopic (exact) mass is 440 g/mol. The van der Waals surface area contributed by atoms with Gasteiger partial charge in [-0.2, -0.15) is 5.10 Å². The highest BCUT2D eigenvalue weighted by Crippen LogP contribution is 2.31. The first-order chi connectivity index (χ1) is 14.7. The maximum Gasteiger partial charge on any atom is 0.242 e. The molecule has 0 bridgehead atoms. The van der Waals surface area contributed by atoms with Crippen LogP contribution in [0.1, 0.15) is 70.5 Å². The molecule has 8 heteroatoms. The van der Waals surface area contributed by atoms with Crippen molar-refractivity contribution in [3.05, 3.63) is 28.6 Å². The first kappa shape index (κ1) is 23.8. The Kier molecular flexibility index (Phi) is 6.10. The van der Waals surface area contributed by atoms with Gasteiger partial charge in [0.2, 0.25) is 11.8 Å². The zero-order valence-electron chi connectivity index (χ0n) is 21.0. The Balaban J connectivity index is 1.84. The molecule has 0 aliphatic carbocycles. The number of fused-ring (bicyclic) bond motifs is 1. The van der Waals surface area contributed by atoms with Crippen molar-refractivity contribution >= 4 is 22.8 Å². The van der Waals surface area contributed by atoms with Crippen molar-refractivity contribution in [2.24, 2.45) is 7.05 Å². The summed E-state index contributed by atoms with van der Waals surface area (Å²) in [6.45, 7) is 16.6. The molecule has 3 aromatic rings. The summed E-state index contributed by atoms with van der Waals surface area (Å²) in [6.07, 6.45) is 0.928. The molecule has 0 aromatic carbocycles. The van der Waals surface area contributed by atoms with E-state index in [1.54, 1.807) is 11.8 Å². The van der Waals surface area contributed by atoms with E-state index >= 15 is 0 Å². The van der Waals surface area contributed by atoms with Gasteiger partial charge in [-0.3, -0.25) is 4.79 Å². The van der Waals surface area contributed by atoms with Crippen LogP contribution in [0.25, 0.3) is 11.0 Å². The van der Waals surface area contributed by atoms with Crippen LogP contribution in [0.15, 0.2) is 6.07 Å². The lowest BCUT2D eigenvalue weighted by molar-refractivity contribution is -0.116. The highest BCUT2D eigenvalue weighted by molar-refractivity contribution is 5.91. The normalized spacial score (nSPS) is 12.4. The number of amides is 1. The third-order valence-corrected chi connectivity index (χ3v) is 5.70. The molecule has 8 nitrogen and oxygen atoms in total. The van der Waals surface area contributed by atoms with Gasteiger partial charge >= 0.3 is 0 Å². The molecule has 174 valence electrons. The molecule has 0 unspecified atom stereocenters. The SMILES string of the molecule is COc1nn(C)c2nc(C)c(CCC(=O)Nc3cc(C(C)(C)C)nn3C(C)(C)C)c(C)c12. The highest BCUT2D eigenvalue weighted by atomic mass is 16.5. The Morgan fingerprint density at radius 1 is 1.12 bits per heavy atom. The Hall–Kier alpha value is -2.90. The summed E-state index contributed by atoms with van der Waals surface area (Å²) in [5.74, 6) is 1.23. The molecule has 0 saturated carbocycles. The van der Waals surface area contributed by atoms with Gasteiger partial charge in [0.25, 0.3) is 0 Å². The van der Waals surface area contributed by atoms with Crippen molar-refractivity contribution in [2.45, 2.75) is 79.2 Å². The topological polar surface area (TPSA) is 86.9 Å². The van der Waals surface area contributed by atoms with Crippen LogP contribution in [-0.2, 0) is 29.2 Å². The lowest BCUT2D eigenvalue weighted by Crippen LogP contribution is -2.27. The summed E-state index contributed by atoms with van der Waals surface area (Å²) < 4.78 is 9.07. The molecule has 1 N–H and O–H groups in total. The van der Waals surface area contributed by atoms with E-state index in [9.17, 15) is 4.79 Å².